The quantitative estimate of drug-likeness (QED) is 0.670. The molecule has 4 N–H and O–H groups in total. The molecule has 110 valence electrons. The van der Waals surface area contributed by atoms with Crippen molar-refractivity contribution in [3.63, 3.8) is 0 Å². The highest BCUT2D eigenvalue weighted by molar-refractivity contribution is 14.1. The molecule has 6 heteroatoms. The summed E-state index contributed by atoms with van der Waals surface area (Å²) in [5, 5.41) is 12.4. The number of aromatic hydroxyl groups is 1. The molecule has 0 aliphatic rings. The SMILES string of the molecule is N[C@@H](Cc1ccc(O)cc1)C(=O)Nc1ccc(I)cc1Cl. The topological polar surface area (TPSA) is 75.3 Å². The van der Waals surface area contributed by atoms with E-state index < -0.39 is 6.04 Å². The predicted molar refractivity (Wildman–Crippen MR) is 92.6 cm³/mol. The molecule has 21 heavy (non-hydrogen) atoms. The Morgan fingerprint density at radius 2 is 1.95 bits per heavy atom. The van der Waals surface area contributed by atoms with E-state index in [9.17, 15) is 9.90 Å². The minimum Gasteiger partial charge on any atom is -0.508 e. The number of phenols is 1. The van der Waals surface area contributed by atoms with Gasteiger partial charge in [-0.05, 0) is 64.9 Å². The number of rotatable bonds is 4. The summed E-state index contributed by atoms with van der Waals surface area (Å²) < 4.78 is 0.990. The van der Waals surface area contributed by atoms with E-state index in [1.165, 1.54) is 0 Å². The summed E-state index contributed by atoms with van der Waals surface area (Å²) in [6, 6.07) is 11.3. The molecular formula is C15H14ClIN2O2. The minimum absolute atomic E-state index is 0.183. The maximum absolute atomic E-state index is 12.1. The van der Waals surface area contributed by atoms with Gasteiger partial charge < -0.3 is 16.2 Å². The number of nitrogens with one attached hydrogen (secondary N) is 1. The fourth-order valence-corrected chi connectivity index (χ4v) is 2.70. The Kier molecular flexibility index (Phi) is 5.44. The van der Waals surface area contributed by atoms with Crippen LogP contribution < -0.4 is 11.1 Å². The van der Waals surface area contributed by atoms with Gasteiger partial charge in [-0.15, -0.1) is 0 Å². The van der Waals surface area contributed by atoms with Crippen LogP contribution >= 0.6 is 34.2 Å². The first-order valence-electron chi connectivity index (χ1n) is 6.25. The van der Waals surface area contributed by atoms with E-state index in [1.807, 2.05) is 6.07 Å². The Balaban J connectivity index is 2.00. The third-order valence-corrected chi connectivity index (χ3v) is 3.90. The zero-order chi connectivity index (χ0) is 15.4. The molecule has 2 rings (SSSR count). The summed E-state index contributed by atoms with van der Waals surface area (Å²) in [5.74, 6) is -0.117. The van der Waals surface area contributed by atoms with Crippen molar-refractivity contribution < 1.29 is 9.90 Å². The molecule has 0 aromatic heterocycles. The number of hydrogen-bond donors (Lipinski definition) is 3. The number of phenolic OH excluding ortho intramolecular Hbond substituents is 1. The normalized spacial score (nSPS) is 12.0. The zero-order valence-electron chi connectivity index (χ0n) is 11.0. The molecule has 0 aliphatic carbocycles. The summed E-state index contributed by atoms with van der Waals surface area (Å²) in [6.07, 6.45) is 0.383. The molecule has 0 unspecified atom stereocenters. The highest BCUT2D eigenvalue weighted by Crippen LogP contribution is 2.24. The monoisotopic (exact) mass is 416 g/mol. The Morgan fingerprint density at radius 1 is 1.29 bits per heavy atom. The Morgan fingerprint density at radius 3 is 2.57 bits per heavy atom. The Bertz CT molecular complexity index is 647. The average molecular weight is 417 g/mol. The lowest BCUT2D eigenvalue weighted by molar-refractivity contribution is -0.117. The lowest BCUT2D eigenvalue weighted by Crippen LogP contribution is -2.37. The van der Waals surface area contributed by atoms with Gasteiger partial charge in [-0.25, -0.2) is 0 Å². The van der Waals surface area contributed by atoms with Gasteiger partial charge in [0, 0.05) is 3.57 Å². The summed E-state index contributed by atoms with van der Waals surface area (Å²) >= 11 is 8.21. The number of hydrogen-bond acceptors (Lipinski definition) is 3. The van der Waals surface area contributed by atoms with Crippen molar-refractivity contribution in [3.05, 3.63) is 56.6 Å². The molecule has 1 atom stereocenters. The van der Waals surface area contributed by atoms with E-state index in [1.54, 1.807) is 36.4 Å². The zero-order valence-corrected chi connectivity index (χ0v) is 13.9. The number of halogens is 2. The van der Waals surface area contributed by atoms with Crippen molar-refractivity contribution in [1.82, 2.24) is 0 Å². The molecule has 1 amide bonds. The maximum atomic E-state index is 12.1. The second-order valence-corrected chi connectivity index (χ2v) is 6.24. The van der Waals surface area contributed by atoms with Gasteiger partial charge in [0.25, 0.3) is 0 Å². The molecule has 0 heterocycles. The van der Waals surface area contributed by atoms with Crippen molar-refractivity contribution >= 4 is 45.8 Å². The molecule has 4 nitrogen and oxygen atoms in total. The van der Waals surface area contributed by atoms with Crippen molar-refractivity contribution in [3.8, 4) is 5.75 Å². The standard InChI is InChI=1S/C15H14ClIN2O2/c16-12-8-10(17)3-6-14(12)19-15(21)13(18)7-9-1-4-11(20)5-2-9/h1-6,8,13,20H,7,18H2,(H,19,21)/t13-/m0/s1. The molecule has 0 saturated heterocycles. The highest BCUT2D eigenvalue weighted by atomic mass is 127. The minimum atomic E-state index is -0.690. The predicted octanol–water partition coefficient (Wildman–Crippen LogP) is 3.16. The Labute approximate surface area is 141 Å². The van der Waals surface area contributed by atoms with Crippen LogP contribution in [0.3, 0.4) is 0 Å². The molecule has 0 radical (unpaired) electrons. The van der Waals surface area contributed by atoms with Gasteiger partial charge in [0.05, 0.1) is 16.8 Å². The van der Waals surface area contributed by atoms with Crippen LogP contribution in [-0.4, -0.2) is 17.1 Å². The van der Waals surface area contributed by atoms with Crippen LogP contribution in [-0.2, 0) is 11.2 Å². The molecule has 0 fully saturated rings. The van der Waals surface area contributed by atoms with Crippen LogP contribution in [0.1, 0.15) is 5.56 Å². The van der Waals surface area contributed by atoms with Gasteiger partial charge in [-0.3, -0.25) is 4.79 Å². The van der Waals surface area contributed by atoms with Crippen LogP contribution in [0.25, 0.3) is 0 Å². The van der Waals surface area contributed by atoms with Gasteiger partial charge in [-0.1, -0.05) is 23.7 Å². The molecular weight excluding hydrogens is 403 g/mol. The molecule has 2 aromatic carbocycles. The molecule has 0 spiro atoms. The first-order valence-corrected chi connectivity index (χ1v) is 7.71. The van der Waals surface area contributed by atoms with E-state index in [0.29, 0.717) is 17.1 Å². The number of carbonyl (C=O) groups is 1. The Hall–Kier alpha value is -1.31. The number of nitrogens with two attached hydrogens (primary N) is 1. The maximum Gasteiger partial charge on any atom is 0.241 e. The van der Waals surface area contributed by atoms with Crippen LogP contribution in [0.4, 0.5) is 5.69 Å². The van der Waals surface area contributed by atoms with E-state index in [0.717, 1.165) is 9.13 Å². The second kappa shape index (κ2) is 7.11. The summed E-state index contributed by atoms with van der Waals surface area (Å²) in [4.78, 5) is 12.1. The highest BCUT2D eigenvalue weighted by Gasteiger charge is 2.15. The lowest BCUT2D eigenvalue weighted by Gasteiger charge is -2.13. The van der Waals surface area contributed by atoms with Crippen molar-refractivity contribution in [2.24, 2.45) is 5.73 Å². The lowest BCUT2D eigenvalue weighted by atomic mass is 10.1. The number of amides is 1. The first-order chi connectivity index (χ1) is 9.95. The number of benzene rings is 2. The molecule has 0 bridgehead atoms. The van der Waals surface area contributed by atoms with E-state index >= 15 is 0 Å². The van der Waals surface area contributed by atoms with Gasteiger partial charge in [0.1, 0.15) is 5.75 Å². The first kappa shape index (κ1) is 16.1. The van der Waals surface area contributed by atoms with Crippen LogP contribution in [0.2, 0.25) is 5.02 Å². The van der Waals surface area contributed by atoms with Crippen LogP contribution in [0, 0.1) is 3.57 Å². The smallest absolute Gasteiger partial charge is 0.241 e. The third-order valence-electron chi connectivity index (χ3n) is 2.92. The summed E-state index contributed by atoms with van der Waals surface area (Å²) in [7, 11) is 0. The van der Waals surface area contributed by atoms with Gasteiger partial charge in [0.2, 0.25) is 5.91 Å². The number of carbonyl (C=O) groups excluding carboxylic acids is 1. The third kappa shape index (κ3) is 4.59. The molecule has 2 aromatic rings. The fourth-order valence-electron chi connectivity index (χ4n) is 1.79. The molecule has 0 saturated carbocycles. The summed E-state index contributed by atoms with van der Waals surface area (Å²) in [6.45, 7) is 0. The number of anilines is 1. The van der Waals surface area contributed by atoms with E-state index in [2.05, 4.69) is 27.9 Å². The van der Waals surface area contributed by atoms with E-state index in [-0.39, 0.29) is 11.7 Å². The molecule has 0 aliphatic heterocycles. The van der Waals surface area contributed by atoms with Crippen LogP contribution in [0.5, 0.6) is 5.75 Å². The van der Waals surface area contributed by atoms with Crippen LogP contribution in [0.15, 0.2) is 42.5 Å². The largest absolute Gasteiger partial charge is 0.508 e. The fraction of sp³-hybridized carbons (Fsp3) is 0.133. The van der Waals surface area contributed by atoms with Crippen molar-refractivity contribution in [1.29, 1.82) is 0 Å². The van der Waals surface area contributed by atoms with Crippen molar-refractivity contribution in [2.45, 2.75) is 12.5 Å². The van der Waals surface area contributed by atoms with Gasteiger partial charge in [0.15, 0.2) is 0 Å². The second-order valence-electron chi connectivity index (χ2n) is 4.59. The average Bonchev–Trinajstić information content (AvgIpc) is 2.44. The van der Waals surface area contributed by atoms with E-state index in [4.69, 9.17) is 17.3 Å². The van der Waals surface area contributed by atoms with Gasteiger partial charge in [-0.2, -0.15) is 0 Å². The summed E-state index contributed by atoms with van der Waals surface area (Å²) in [5.41, 5.74) is 7.32. The van der Waals surface area contributed by atoms with Gasteiger partial charge >= 0.3 is 0 Å². The van der Waals surface area contributed by atoms with Crippen molar-refractivity contribution in [2.75, 3.05) is 5.32 Å².